The number of hydrogen-bond donors (Lipinski definition) is 2. The van der Waals surface area contributed by atoms with E-state index in [4.69, 9.17) is 5.84 Å². The van der Waals surface area contributed by atoms with Crippen molar-refractivity contribution in [1.82, 2.24) is 15.2 Å². The van der Waals surface area contributed by atoms with E-state index in [-0.39, 0.29) is 0 Å². The molecule has 0 amide bonds. The third-order valence-corrected chi connectivity index (χ3v) is 4.29. The predicted molar refractivity (Wildman–Crippen MR) is 73.9 cm³/mol. The number of rotatable bonds is 4. The number of nitrogens with zero attached hydrogens (tertiary/aromatic N) is 2. The molecule has 0 saturated heterocycles. The molecule has 3 atom stereocenters. The van der Waals surface area contributed by atoms with E-state index in [1.807, 2.05) is 18.7 Å². The molecule has 4 nitrogen and oxygen atoms in total. The van der Waals surface area contributed by atoms with Gasteiger partial charge in [-0.3, -0.25) is 16.0 Å². The number of nitrogens with two attached hydrogens (primary N) is 1. The Hall–Kier alpha value is -0.870. The number of hydrogen-bond acceptors (Lipinski definition) is 3. The van der Waals surface area contributed by atoms with Crippen LogP contribution in [0.1, 0.15) is 44.0 Å². The molecule has 2 rings (SSSR count). The van der Waals surface area contributed by atoms with Crippen molar-refractivity contribution in [2.45, 2.75) is 52.0 Å². The summed E-state index contributed by atoms with van der Waals surface area (Å²) in [6.45, 7) is 4.39. The fourth-order valence-electron chi connectivity index (χ4n) is 3.29. The summed E-state index contributed by atoms with van der Waals surface area (Å²) in [4.78, 5) is 0. The van der Waals surface area contributed by atoms with Crippen molar-refractivity contribution in [1.29, 1.82) is 0 Å². The third-order valence-electron chi connectivity index (χ3n) is 4.29. The second-order valence-corrected chi connectivity index (χ2v) is 5.91. The van der Waals surface area contributed by atoms with Crippen LogP contribution in [0.2, 0.25) is 0 Å². The molecule has 4 heteroatoms. The largest absolute Gasteiger partial charge is 0.272 e. The Morgan fingerprint density at radius 3 is 2.89 bits per heavy atom. The lowest BCUT2D eigenvalue weighted by atomic mass is 9.77. The molecule has 3 unspecified atom stereocenters. The van der Waals surface area contributed by atoms with Crippen LogP contribution in [-0.2, 0) is 13.5 Å². The minimum atomic E-state index is 0.377. The highest BCUT2D eigenvalue weighted by atomic mass is 15.3. The van der Waals surface area contributed by atoms with Crippen LogP contribution in [0.3, 0.4) is 0 Å². The molecule has 1 saturated carbocycles. The molecule has 1 aliphatic carbocycles. The molecule has 18 heavy (non-hydrogen) atoms. The first-order valence-corrected chi connectivity index (χ1v) is 7.05. The summed E-state index contributed by atoms with van der Waals surface area (Å²) in [6.07, 6.45) is 6.29. The van der Waals surface area contributed by atoms with Crippen molar-refractivity contribution in [2.75, 3.05) is 0 Å². The number of aromatic nitrogens is 2. The van der Waals surface area contributed by atoms with Crippen molar-refractivity contribution in [3.8, 4) is 0 Å². The summed E-state index contributed by atoms with van der Waals surface area (Å²) >= 11 is 0. The normalized spacial score (nSPS) is 26.2. The highest BCUT2D eigenvalue weighted by molar-refractivity contribution is 5.10. The van der Waals surface area contributed by atoms with E-state index in [2.05, 4.69) is 23.5 Å². The van der Waals surface area contributed by atoms with Gasteiger partial charge < -0.3 is 0 Å². The first-order valence-electron chi connectivity index (χ1n) is 7.05. The standard InChI is InChI=1S/C14H26N4/c1-10-5-4-6-12(7-10)14(16-15)9-13-8-11(2)17-18(13)3/h8,10,12,14,16H,4-7,9,15H2,1-3H3. The van der Waals surface area contributed by atoms with Crippen molar-refractivity contribution >= 4 is 0 Å². The van der Waals surface area contributed by atoms with Crippen LogP contribution >= 0.6 is 0 Å². The van der Waals surface area contributed by atoms with Gasteiger partial charge in [-0.2, -0.15) is 5.10 Å². The van der Waals surface area contributed by atoms with E-state index in [9.17, 15) is 0 Å². The molecule has 0 spiro atoms. The molecular formula is C14H26N4. The molecule has 3 N–H and O–H groups in total. The molecule has 1 aromatic heterocycles. The van der Waals surface area contributed by atoms with Gasteiger partial charge in [0.1, 0.15) is 0 Å². The summed E-state index contributed by atoms with van der Waals surface area (Å²) in [6, 6.07) is 2.54. The lowest BCUT2D eigenvalue weighted by Crippen LogP contribution is -2.44. The van der Waals surface area contributed by atoms with E-state index >= 15 is 0 Å². The first-order chi connectivity index (χ1) is 8.60. The summed E-state index contributed by atoms with van der Waals surface area (Å²) in [5.74, 6) is 7.32. The zero-order chi connectivity index (χ0) is 13.1. The Labute approximate surface area is 110 Å². The number of hydrazine groups is 1. The first kappa shape index (κ1) is 13.6. The van der Waals surface area contributed by atoms with Gasteiger partial charge in [0.25, 0.3) is 0 Å². The molecule has 0 aliphatic heterocycles. The van der Waals surface area contributed by atoms with Crippen LogP contribution in [-0.4, -0.2) is 15.8 Å². The zero-order valence-corrected chi connectivity index (χ0v) is 11.8. The minimum absolute atomic E-state index is 0.377. The molecule has 1 aliphatic rings. The van der Waals surface area contributed by atoms with Gasteiger partial charge in [-0.15, -0.1) is 0 Å². The molecule has 1 fully saturated rings. The van der Waals surface area contributed by atoms with Gasteiger partial charge >= 0.3 is 0 Å². The number of aryl methyl sites for hydroxylation is 2. The van der Waals surface area contributed by atoms with Crippen molar-refractivity contribution in [2.24, 2.45) is 24.7 Å². The highest BCUT2D eigenvalue weighted by Crippen LogP contribution is 2.31. The van der Waals surface area contributed by atoms with Gasteiger partial charge in [0.15, 0.2) is 0 Å². The van der Waals surface area contributed by atoms with Crippen LogP contribution in [0.15, 0.2) is 6.07 Å². The maximum atomic E-state index is 5.77. The molecule has 1 heterocycles. The van der Waals surface area contributed by atoms with Crippen molar-refractivity contribution in [3.05, 3.63) is 17.5 Å². The summed E-state index contributed by atoms with van der Waals surface area (Å²) in [7, 11) is 2.01. The SMILES string of the molecule is Cc1cc(CC(NN)C2CCCC(C)C2)n(C)n1. The average molecular weight is 250 g/mol. The van der Waals surface area contributed by atoms with E-state index in [0.29, 0.717) is 12.0 Å². The van der Waals surface area contributed by atoms with Crippen molar-refractivity contribution in [3.63, 3.8) is 0 Å². The van der Waals surface area contributed by atoms with E-state index in [0.717, 1.165) is 18.0 Å². The average Bonchev–Trinajstić information content (AvgIpc) is 2.64. The fourth-order valence-corrected chi connectivity index (χ4v) is 3.29. The fraction of sp³-hybridized carbons (Fsp3) is 0.786. The van der Waals surface area contributed by atoms with Gasteiger partial charge in [-0.25, -0.2) is 0 Å². The van der Waals surface area contributed by atoms with E-state index < -0.39 is 0 Å². The molecule has 0 bridgehead atoms. The molecule has 1 aromatic rings. The second kappa shape index (κ2) is 5.85. The maximum absolute atomic E-state index is 5.77. The van der Waals surface area contributed by atoms with Crippen LogP contribution in [0.25, 0.3) is 0 Å². The quantitative estimate of drug-likeness (QED) is 0.634. The molecular weight excluding hydrogens is 224 g/mol. The summed E-state index contributed by atoms with van der Waals surface area (Å²) in [5, 5.41) is 4.41. The molecule has 0 radical (unpaired) electrons. The Balaban J connectivity index is 2.02. The van der Waals surface area contributed by atoms with Gasteiger partial charge in [-0.05, 0) is 37.7 Å². The minimum Gasteiger partial charge on any atom is -0.272 e. The smallest absolute Gasteiger partial charge is 0.0596 e. The van der Waals surface area contributed by atoms with Crippen LogP contribution in [0.5, 0.6) is 0 Å². The maximum Gasteiger partial charge on any atom is 0.0596 e. The van der Waals surface area contributed by atoms with E-state index in [1.54, 1.807) is 0 Å². The Morgan fingerprint density at radius 1 is 1.56 bits per heavy atom. The van der Waals surface area contributed by atoms with Gasteiger partial charge in [0.05, 0.1) is 5.69 Å². The zero-order valence-electron chi connectivity index (χ0n) is 11.8. The van der Waals surface area contributed by atoms with Gasteiger partial charge in [-0.1, -0.05) is 19.8 Å². The van der Waals surface area contributed by atoms with Crippen LogP contribution in [0, 0.1) is 18.8 Å². The second-order valence-electron chi connectivity index (χ2n) is 5.91. The van der Waals surface area contributed by atoms with Crippen molar-refractivity contribution < 1.29 is 0 Å². The van der Waals surface area contributed by atoms with Crippen LogP contribution < -0.4 is 11.3 Å². The predicted octanol–water partition coefficient (Wildman–Crippen LogP) is 1.93. The summed E-state index contributed by atoms with van der Waals surface area (Å²) in [5.41, 5.74) is 5.39. The lowest BCUT2D eigenvalue weighted by Gasteiger charge is -2.32. The third kappa shape index (κ3) is 3.12. The van der Waals surface area contributed by atoms with Gasteiger partial charge in [0, 0.05) is 25.2 Å². The number of nitrogens with one attached hydrogen (secondary N) is 1. The lowest BCUT2D eigenvalue weighted by molar-refractivity contribution is 0.220. The Morgan fingerprint density at radius 2 is 2.33 bits per heavy atom. The molecule has 0 aromatic carbocycles. The van der Waals surface area contributed by atoms with Crippen LogP contribution in [0.4, 0.5) is 0 Å². The highest BCUT2D eigenvalue weighted by Gasteiger charge is 2.26. The Kier molecular flexibility index (Phi) is 4.40. The van der Waals surface area contributed by atoms with E-state index in [1.165, 1.54) is 31.4 Å². The summed E-state index contributed by atoms with van der Waals surface area (Å²) < 4.78 is 1.98. The monoisotopic (exact) mass is 250 g/mol. The Bertz CT molecular complexity index is 385. The molecule has 102 valence electrons. The van der Waals surface area contributed by atoms with Gasteiger partial charge in [0.2, 0.25) is 0 Å². The topological polar surface area (TPSA) is 55.9 Å².